The highest BCUT2D eigenvalue weighted by molar-refractivity contribution is 5.86. The van der Waals surface area contributed by atoms with Gasteiger partial charge in [-0.1, -0.05) is 12.1 Å². The summed E-state index contributed by atoms with van der Waals surface area (Å²) in [6.45, 7) is 2.14. The number of hydrogen-bond donors (Lipinski definition) is 1. The zero-order chi connectivity index (χ0) is 14.2. The van der Waals surface area contributed by atoms with Crippen LogP contribution >= 0.6 is 0 Å². The summed E-state index contributed by atoms with van der Waals surface area (Å²) in [7, 11) is 1.94. The van der Waals surface area contributed by atoms with Gasteiger partial charge in [0.1, 0.15) is 0 Å². The van der Waals surface area contributed by atoms with Crippen LogP contribution in [0.1, 0.15) is 18.0 Å². The van der Waals surface area contributed by atoms with Crippen LogP contribution in [-0.4, -0.2) is 27.9 Å². The third-order valence-corrected chi connectivity index (χ3v) is 4.26. The van der Waals surface area contributed by atoms with Crippen molar-refractivity contribution in [3.63, 3.8) is 0 Å². The van der Waals surface area contributed by atoms with E-state index in [1.807, 2.05) is 30.3 Å². The van der Waals surface area contributed by atoms with E-state index in [4.69, 9.17) is 0 Å². The lowest BCUT2D eigenvalue weighted by molar-refractivity contribution is 0.737. The molecule has 2 aromatic heterocycles. The van der Waals surface area contributed by atoms with E-state index in [0.29, 0.717) is 5.92 Å². The van der Waals surface area contributed by atoms with E-state index in [9.17, 15) is 0 Å². The Morgan fingerprint density at radius 1 is 1.14 bits per heavy atom. The standard InChI is InChI=1S/C17H18N4/c1-21-11-16(10-20-21)12-2-3-13-9-19-17(7-15(13)6-12)14-4-5-18-8-14/h2-3,6-7,9-11,14,18H,4-5,8H2,1H3. The van der Waals surface area contributed by atoms with Gasteiger partial charge in [-0.3, -0.25) is 9.67 Å². The fourth-order valence-electron chi connectivity index (χ4n) is 3.04. The number of aromatic nitrogens is 3. The average Bonchev–Trinajstić information content (AvgIpc) is 3.17. The Bertz CT molecular complexity index is 784. The molecule has 4 rings (SSSR count). The second kappa shape index (κ2) is 4.97. The molecule has 0 amide bonds. The summed E-state index contributed by atoms with van der Waals surface area (Å²) in [4.78, 5) is 4.64. The Morgan fingerprint density at radius 3 is 2.86 bits per heavy atom. The third kappa shape index (κ3) is 2.32. The van der Waals surface area contributed by atoms with Crippen LogP contribution in [0.5, 0.6) is 0 Å². The van der Waals surface area contributed by atoms with Crippen molar-refractivity contribution < 1.29 is 0 Å². The van der Waals surface area contributed by atoms with Gasteiger partial charge < -0.3 is 5.32 Å². The minimum absolute atomic E-state index is 0.552. The summed E-state index contributed by atoms with van der Waals surface area (Å²) in [6.07, 6.45) is 7.13. The molecule has 1 aromatic carbocycles. The predicted octanol–water partition coefficient (Wildman–Crippen LogP) is 2.71. The number of nitrogens with zero attached hydrogens (tertiary/aromatic N) is 3. The molecule has 0 radical (unpaired) electrons. The van der Waals surface area contributed by atoms with Crippen LogP contribution in [0.4, 0.5) is 0 Å². The molecule has 1 aliphatic rings. The van der Waals surface area contributed by atoms with Crippen LogP contribution in [0.25, 0.3) is 21.9 Å². The summed E-state index contributed by atoms with van der Waals surface area (Å²) in [5.74, 6) is 0.552. The summed E-state index contributed by atoms with van der Waals surface area (Å²) < 4.78 is 1.84. The van der Waals surface area contributed by atoms with Gasteiger partial charge in [0.25, 0.3) is 0 Å². The minimum atomic E-state index is 0.552. The fraction of sp³-hybridized carbons (Fsp3) is 0.294. The number of hydrogen-bond acceptors (Lipinski definition) is 3. The SMILES string of the molecule is Cn1cc(-c2ccc3cnc(C4CCNC4)cc3c2)cn1. The molecule has 0 spiro atoms. The van der Waals surface area contributed by atoms with Crippen molar-refractivity contribution in [2.24, 2.45) is 7.05 Å². The zero-order valence-electron chi connectivity index (χ0n) is 12.1. The first-order valence-electron chi connectivity index (χ1n) is 7.39. The minimum Gasteiger partial charge on any atom is -0.316 e. The lowest BCUT2D eigenvalue weighted by atomic mass is 10.00. The lowest BCUT2D eigenvalue weighted by Gasteiger charge is -2.09. The van der Waals surface area contributed by atoms with Gasteiger partial charge in [0, 0.05) is 48.5 Å². The molecule has 0 saturated carbocycles. The van der Waals surface area contributed by atoms with Gasteiger partial charge in [0.05, 0.1) is 6.20 Å². The van der Waals surface area contributed by atoms with E-state index in [1.54, 1.807) is 0 Å². The van der Waals surface area contributed by atoms with E-state index < -0.39 is 0 Å². The molecule has 1 aliphatic heterocycles. The summed E-state index contributed by atoms with van der Waals surface area (Å²) in [5.41, 5.74) is 3.56. The number of rotatable bonds is 2. The molecule has 1 saturated heterocycles. The second-order valence-corrected chi connectivity index (χ2v) is 5.76. The van der Waals surface area contributed by atoms with E-state index in [-0.39, 0.29) is 0 Å². The summed E-state index contributed by atoms with van der Waals surface area (Å²) >= 11 is 0. The van der Waals surface area contributed by atoms with E-state index in [0.717, 1.165) is 18.7 Å². The molecule has 3 aromatic rings. The highest BCUT2D eigenvalue weighted by atomic mass is 15.2. The van der Waals surface area contributed by atoms with Gasteiger partial charge in [0.2, 0.25) is 0 Å². The molecular weight excluding hydrogens is 260 g/mol. The maximum atomic E-state index is 4.64. The van der Waals surface area contributed by atoms with Gasteiger partial charge in [-0.15, -0.1) is 0 Å². The van der Waals surface area contributed by atoms with Gasteiger partial charge >= 0.3 is 0 Å². The highest BCUT2D eigenvalue weighted by Gasteiger charge is 2.18. The molecule has 0 aliphatic carbocycles. The molecular formula is C17H18N4. The van der Waals surface area contributed by atoms with E-state index >= 15 is 0 Å². The number of benzene rings is 1. The van der Waals surface area contributed by atoms with Crippen molar-refractivity contribution >= 4 is 10.8 Å². The molecule has 21 heavy (non-hydrogen) atoms. The number of aryl methyl sites for hydroxylation is 1. The van der Waals surface area contributed by atoms with Crippen LogP contribution in [0.2, 0.25) is 0 Å². The first kappa shape index (κ1) is 12.5. The summed E-state index contributed by atoms with van der Waals surface area (Å²) in [6, 6.07) is 8.76. The van der Waals surface area contributed by atoms with Crippen molar-refractivity contribution in [3.8, 4) is 11.1 Å². The highest BCUT2D eigenvalue weighted by Crippen LogP contribution is 2.27. The lowest BCUT2D eigenvalue weighted by Crippen LogP contribution is -2.08. The Kier molecular flexibility index (Phi) is 2.97. The van der Waals surface area contributed by atoms with Crippen LogP contribution < -0.4 is 5.32 Å². The van der Waals surface area contributed by atoms with Crippen molar-refractivity contribution in [2.75, 3.05) is 13.1 Å². The van der Waals surface area contributed by atoms with Crippen LogP contribution in [0.3, 0.4) is 0 Å². The Hall–Kier alpha value is -2.20. The van der Waals surface area contributed by atoms with Crippen LogP contribution in [-0.2, 0) is 7.05 Å². The monoisotopic (exact) mass is 278 g/mol. The van der Waals surface area contributed by atoms with Gasteiger partial charge in [-0.2, -0.15) is 5.10 Å². The van der Waals surface area contributed by atoms with E-state index in [1.165, 1.54) is 28.5 Å². The molecule has 1 atom stereocenters. The Morgan fingerprint density at radius 2 is 2.10 bits per heavy atom. The van der Waals surface area contributed by atoms with Crippen molar-refractivity contribution in [1.82, 2.24) is 20.1 Å². The summed E-state index contributed by atoms with van der Waals surface area (Å²) in [5, 5.41) is 10.1. The quantitative estimate of drug-likeness (QED) is 0.783. The fourth-order valence-corrected chi connectivity index (χ4v) is 3.04. The molecule has 1 fully saturated rings. The normalized spacial score (nSPS) is 18.4. The van der Waals surface area contributed by atoms with Gasteiger partial charge in [-0.25, -0.2) is 0 Å². The average molecular weight is 278 g/mol. The molecule has 4 nitrogen and oxygen atoms in total. The molecule has 0 bridgehead atoms. The molecule has 1 N–H and O–H groups in total. The zero-order valence-corrected chi connectivity index (χ0v) is 12.1. The third-order valence-electron chi connectivity index (χ3n) is 4.26. The van der Waals surface area contributed by atoms with Crippen molar-refractivity contribution in [1.29, 1.82) is 0 Å². The van der Waals surface area contributed by atoms with Crippen molar-refractivity contribution in [2.45, 2.75) is 12.3 Å². The predicted molar refractivity (Wildman–Crippen MR) is 84.2 cm³/mol. The van der Waals surface area contributed by atoms with Gasteiger partial charge in [-0.05, 0) is 36.0 Å². The number of pyridine rings is 1. The first-order valence-corrected chi connectivity index (χ1v) is 7.39. The smallest absolute Gasteiger partial charge is 0.0568 e. The first-order chi connectivity index (χ1) is 10.3. The number of nitrogens with one attached hydrogen (secondary N) is 1. The molecule has 1 unspecified atom stereocenters. The Labute approximate surface area is 123 Å². The Balaban J connectivity index is 1.78. The maximum Gasteiger partial charge on any atom is 0.0568 e. The topological polar surface area (TPSA) is 42.7 Å². The molecule has 4 heteroatoms. The van der Waals surface area contributed by atoms with Crippen molar-refractivity contribution in [3.05, 3.63) is 48.5 Å². The van der Waals surface area contributed by atoms with E-state index in [2.05, 4.69) is 39.7 Å². The molecule has 3 heterocycles. The van der Waals surface area contributed by atoms with Crippen LogP contribution in [0.15, 0.2) is 42.9 Å². The number of fused-ring (bicyclic) bond motifs is 1. The van der Waals surface area contributed by atoms with Crippen LogP contribution in [0, 0.1) is 0 Å². The second-order valence-electron chi connectivity index (χ2n) is 5.76. The largest absolute Gasteiger partial charge is 0.316 e. The molecule has 106 valence electrons. The van der Waals surface area contributed by atoms with Gasteiger partial charge in [0.15, 0.2) is 0 Å². The maximum absolute atomic E-state index is 4.64.